The van der Waals surface area contributed by atoms with E-state index in [2.05, 4.69) is 21.3 Å². The molecule has 3 rings (SSSR count). The Morgan fingerprint density at radius 2 is 2.26 bits per heavy atom. The Labute approximate surface area is 121 Å². The van der Waals surface area contributed by atoms with E-state index in [0.717, 1.165) is 22.5 Å². The molecule has 98 valence electrons. The average Bonchev–Trinajstić information content (AvgIpc) is 2.85. The lowest BCUT2D eigenvalue weighted by Crippen LogP contribution is -2.32. The van der Waals surface area contributed by atoms with E-state index < -0.39 is 0 Å². The van der Waals surface area contributed by atoms with Crippen LogP contribution in [0.3, 0.4) is 0 Å². The fraction of sp³-hybridized carbons (Fsp3) is 0.214. The number of hydrogen-bond donors (Lipinski definition) is 1. The predicted octanol–water partition coefficient (Wildman–Crippen LogP) is 2.97. The van der Waals surface area contributed by atoms with Gasteiger partial charge in [-0.2, -0.15) is 11.3 Å². The van der Waals surface area contributed by atoms with Crippen molar-refractivity contribution in [1.82, 2.24) is 0 Å². The number of aliphatic imine (C=N–C) groups is 1. The third kappa shape index (κ3) is 2.39. The molecule has 2 N–H and O–H groups in total. The van der Waals surface area contributed by atoms with Crippen molar-refractivity contribution in [3.8, 4) is 0 Å². The summed E-state index contributed by atoms with van der Waals surface area (Å²) in [4.78, 5) is 6.78. The van der Waals surface area contributed by atoms with Gasteiger partial charge in [-0.1, -0.05) is 11.6 Å². The van der Waals surface area contributed by atoms with Gasteiger partial charge in [-0.15, -0.1) is 0 Å². The summed E-state index contributed by atoms with van der Waals surface area (Å²) < 4.78 is 0. The van der Waals surface area contributed by atoms with Crippen LogP contribution in [0.1, 0.15) is 11.1 Å². The molecule has 0 saturated heterocycles. The summed E-state index contributed by atoms with van der Waals surface area (Å²) in [6, 6.07) is 7.95. The third-order valence-corrected chi connectivity index (χ3v) is 4.09. The molecule has 0 bridgehead atoms. The first-order chi connectivity index (χ1) is 9.15. The Hall–Kier alpha value is -1.36. The molecule has 1 atom stereocenters. The van der Waals surface area contributed by atoms with Crippen molar-refractivity contribution in [3.63, 3.8) is 0 Å². The van der Waals surface area contributed by atoms with Gasteiger partial charge in [0.1, 0.15) is 6.17 Å². The van der Waals surface area contributed by atoms with Crippen molar-refractivity contribution in [2.75, 3.05) is 18.5 Å². The van der Waals surface area contributed by atoms with Crippen LogP contribution in [-0.2, 0) is 0 Å². The second-order valence-electron chi connectivity index (χ2n) is 4.60. The van der Waals surface area contributed by atoms with Crippen LogP contribution < -0.4 is 10.6 Å². The maximum Gasteiger partial charge on any atom is 0.115 e. The smallest absolute Gasteiger partial charge is 0.115 e. The molecule has 1 aliphatic heterocycles. The number of hydrogen-bond acceptors (Lipinski definition) is 4. The standard InChI is InChI=1S/C14H14ClN3S/c1-18-7-13(16)17-14(9-4-5-19-8-9)11-6-10(15)2-3-12(11)18/h2-6,8,13H,7,16H2,1H3. The zero-order chi connectivity index (χ0) is 13.4. The van der Waals surface area contributed by atoms with Crippen molar-refractivity contribution < 1.29 is 0 Å². The molecule has 0 spiro atoms. The Balaban J connectivity index is 2.22. The number of halogens is 1. The van der Waals surface area contributed by atoms with E-state index in [0.29, 0.717) is 11.6 Å². The molecule has 1 unspecified atom stereocenters. The summed E-state index contributed by atoms with van der Waals surface area (Å²) in [7, 11) is 2.03. The SMILES string of the molecule is CN1CC(N)N=C(c2ccsc2)c2cc(Cl)ccc21. The summed E-state index contributed by atoms with van der Waals surface area (Å²) in [6.45, 7) is 0.697. The Morgan fingerprint density at radius 3 is 3.00 bits per heavy atom. The first kappa shape index (κ1) is 12.7. The first-order valence-electron chi connectivity index (χ1n) is 6.02. The van der Waals surface area contributed by atoms with Crippen LogP contribution in [0.4, 0.5) is 5.69 Å². The quantitative estimate of drug-likeness (QED) is 0.878. The van der Waals surface area contributed by atoms with Gasteiger partial charge in [0.25, 0.3) is 0 Å². The lowest BCUT2D eigenvalue weighted by atomic mass is 10.0. The summed E-state index contributed by atoms with van der Waals surface area (Å²) in [6.07, 6.45) is -0.230. The summed E-state index contributed by atoms with van der Waals surface area (Å²) >= 11 is 7.79. The van der Waals surface area contributed by atoms with Gasteiger partial charge < -0.3 is 10.6 Å². The average molecular weight is 292 g/mol. The van der Waals surface area contributed by atoms with Crippen LogP contribution >= 0.6 is 22.9 Å². The molecular formula is C14H14ClN3S. The van der Waals surface area contributed by atoms with E-state index in [1.54, 1.807) is 11.3 Å². The van der Waals surface area contributed by atoms with Crippen molar-refractivity contribution in [2.24, 2.45) is 10.7 Å². The predicted molar refractivity (Wildman–Crippen MR) is 82.7 cm³/mol. The zero-order valence-corrected chi connectivity index (χ0v) is 12.1. The second kappa shape index (κ2) is 4.96. The maximum absolute atomic E-state index is 6.14. The molecule has 1 aliphatic rings. The van der Waals surface area contributed by atoms with Gasteiger partial charge >= 0.3 is 0 Å². The minimum atomic E-state index is -0.230. The Morgan fingerprint density at radius 1 is 1.42 bits per heavy atom. The number of anilines is 1. The van der Waals surface area contributed by atoms with E-state index in [-0.39, 0.29) is 6.17 Å². The lowest BCUT2D eigenvalue weighted by Gasteiger charge is -2.20. The molecule has 0 fully saturated rings. The maximum atomic E-state index is 6.14. The van der Waals surface area contributed by atoms with Crippen LogP contribution in [-0.4, -0.2) is 25.5 Å². The van der Waals surface area contributed by atoms with E-state index in [4.69, 9.17) is 17.3 Å². The fourth-order valence-corrected chi connectivity index (χ4v) is 3.13. The highest BCUT2D eigenvalue weighted by atomic mass is 35.5. The van der Waals surface area contributed by atoms with Gasteiger partial charge in [-0.3, -0.25) is 4.99 Å². The molecular weight excluding hydrogens is 278 g/mol. The number of nitrogens with zero attached hydrogens (tertiary/aromatic N) is 2. The van der Waals surface area contributed by atoms with Crippen LogP contribution in [0.25, 0.3) is 0 Å². The van der Waals surface area contributed by atoms with E-state index >= 15 is 0 Å². The number of nitrogens with two attached hydrogens (primary N) is 1. The summed E-state index contributed by atoms with van der Waals surface area (Å²) in [5.74, 6) is 0. The van der Waals surface area contributed by atoms with Crippen molar-refractivity contribution >= 4 is 34.3 Å². The molecule has 19 heavy (non-hydrogen) atoms. The molecule has 0 aliphatic carbocycles. The molecule has 3 nitrogen and oxygen atoms in total. The first-order valence-corrected chi connectivity index (χ1v) is 7.34. The minimum absolute atomic E-state index is 0.230. The number of likely N-dealkylation sites (N-methyl/N-ethyl adjacent to an activating group) is 1. The van der Waals surface area contributed by atoms with Crippen LogP contribution in [0.2, 0.25) is 5.02 Å². The van der Waals surface area contributed by atoms with Crippen LogP contribution in [0.5, 0.6) is 0 Å². The van der Waals surface area contributed by atoms with Crippen molar-refractivity contribution in [2.45, 2.75) is 6.17 Å². The molecule has 2 aromatic rings. The highest BCUT2D eigenvalue weighted by Gasteiger charge is 2.21. The molecule has 2 heterocycles. The van der Waals surface area contributed by atoms with Gasteiger partial charge in [0, 0.05) is 34.3 Å². The topological polar surface area (TPSA) is 41.6 Å². The molecule has 0 amide bonds. The Bertz CT molecular complexity index is 622. The third-order valence-electron chi connectivity index (χ3n) is 3.18. The Kier molecular flexibility index (Phi) is 3.31. The number of benzodiazepines with no additional fused rings is 1. The fourth-order valence-electron chi connectivity index (χ4n) is 2.32. The molecule has 1 aromatic carbocycles. The molecule has 0 saturated carbocycles. The van der Waals surface area contributed by atoms with E-state index in [1.165, 1.54) is 0 Å². The summed E-state index contributed by atoms with van der Waals surface area (Å²) in [5.41, 5.74) is 10.3. The number of benzene rings is 1. The van der Waals surface area contributed by atoms with Gasteiger partial charge in [0.05, 0.1) is 12.3 Å². The van der Waals surface area contributed by atoms with E-state index in [9.17, 15) is 0 Å². The van der Waals surface area contributed by atoms with Gasteiger partial charge in [-0.25, -0.2) is 0 Å². The largest absolute Gasteiger partial charge is 0.371 e. The second-order valence-corrected chi connectivity index (χ2v) is 5.82. The number of thiophene rings is 1. The zero-order valence-electron chi connectivity index (χ0n) is 10.5. The lowest BCUT2D eigenvalue weighted by molar-refractivity contribution is 0.697. The number of fused-ring (bicyclic) bond motifs is 1. The summed E-state index contributed by atoms with van der Waals surface area (Å²) in [5, 5.41) is 4.84. The van der Waals surface area contributed by atoms with E-state index in [1.807, 2.05) is 30.6 Å². The van der Waals surface area contributed by atoms with Gasteiger partial charge in [0.15, 0.2) is 0 Å². The molecule has 1 aromatic heterocycles. The van der Waals surface area contributed by atoms with Gasteiger partial charge in [-0.05, 0) is 29.6 Å². The van der Waals surface area contributed by atoms with Crippen molar-refractivity contribution in [1.29, 1.82) is 0 Å². The highest BCUT2D eigenvalue weighted by molar-refractivity contribution is 7.08. The minimum Gasteiger partial charge on any atom is -0.371 e. The van der Waals surface area contributed by atoms with Crippen LogP contribution in [0, 0.1) is 0 Å². The van der Waals surface area contributed by atoms with Gasteiger partial charge in [0.2, 0.25) is 0 Å². The normalized spacial score (nSPS) is 18.8. The highest BCUT2D eigenvalue weighted by Crippen LogP contribution is 2.29. The molecule has 0 radical (unpaired) electrons. The molecule has 5 heteroatoms. The number of rotatable bonds is 1. The monoisotopic (exact) mass is 291 g/mol. The van der Waals surface area contributed by atoms with Crippen LogP contribution in [0.15, 0.2) is 40.0 Å². The van der Waals surface area contributed by atoms with Crippen molar-refractivity contribution in [3.05, 3.63) is 51.2 Å².